The summed E-state index contributed by atoms with van der Waals surface area (Å²) in [6.07, 6.45) is 1.75. The van der Waals surface area contributed by atoms with E-state index >= 15 is 0 Å². The Morgan fingerprint density at radius 1 is 0.818 bits per heavy atom. The second-order valence-corrected chi connectivity index (χ2v) is 1.45. The zero-order valence-electron chi connectivity index (χ0n) is 6.98. The van der Waals surface area contributed by atoms with Crippen molar-refractivity contribution in [2.45, 2.75) is 26.7 Å². The summed E-state index contributed by atoms with van der Waals surface area (Å²) in [4.78, 5) is 0. The largest absolute Gasteiger partial charge is 1.00 e. The molecule has 0 atom stereocenters. The Morgan fingerprint density at radius 3 is 0.909 bits per heavy atom. The van der Waals surface area contributed by atoms with Gasteiger partial charge in [-0.2, -0.15) is 0 Å². The summed E-state index contributed by atoms with van der Waals surface area (Å²) in [5.74, 6) is 0. The molecule has 0 spiro atoms. The standard InChI is InChI=1S/2C3H8O.2ClH.Hf/c2*1-2-3-4;;;/h2*4H,2-3H2,1H3;2*1H;/p-2. The first-order chi connectivity index (χ1) is 3.83. The van der Waals surface area contributed by atoms with Crippen molar-refractivity contribution in [3.05, 3.63) is 0 Å². The van der Waals surface area contributed by atoms with Crippen LogP contribution in [0.25, 0.3) is 0 Å². The van der Waals surface area contributed by atoms with Crippen molar-refractivity contribution < 1.29 is 60.9 Å². The monoisotopic (exact) mass is 370 g/mol. The Kier molecular flexibility index (Phi) is 113. The number of hydrogen-bond acceptors (Lipinski definition) is 2. The molecule has 0 aliphatic rings. The van der Waals surface area contributed by atoms with Crippen molar-refractivity contribution in [2.24, 2.45) is 0 Å². The predicted molar refractivity (Wildman–Crippen MR) is 34.8 cm³/mol. The maximum absolute atomic E-state index is 7.88. The number of halogens is 2. The quantitative estimate of drug-likeness (QED) is 0.478. The molecule has 0 fully saturated rings. The van der Waals surface area contributed by atoms with Gasteiger partial charge < -0.3 is 35.0 Å². The SMILES string of the molecule is CCCO.CCCO.[Cl-].[Cl-].[Hf]. The van der Waals surface area contributed by atoms with Crippen molar-refractivity contribution in [1.29, 1.82) is 0 Å². The molecule has 0 saturated carbocycles. The molecule has 0 bridgehead atoms. The summed E-state index contributed by atoms with van der Waals surface area (Å²) >= 11 is 0. The van der Waals surface area contributed by atoms with Crippen LogP contribution < -0.4 is 24.8 Å². The average Bonchev–Trinajstić information content (AvgIpc) is 1.88. The zero-order valence-corrected chi connectivity index (χ0v) is 12.1. The van der Waals surface area contributed by atoms with E-state index in [-0.39, 0.29) is 50.7 Å². The van der Waals surface area contributed by atoms with Gasteiger partial charge in [-0.25, -0.2) is 0 Å². The van der Waals surface area contributed by atoms with Crippen LogP contribution in [-0.2, 0) is 25.8 Å². The van der Waals surface area contributed by atoms with Gasteiger partial charge in [0.15, 0.2) is 0 Å². The third kappa shape index (κ3) is 87.9. The molecule has 0 heterocycles. The van der Waals surface area contributed by atoms with Crippen LogP contribution in [0.5, 0.6) is 0 Å². The first-order valence-electron chi connectivity index (χ1n) is 3.05. The van der Waals surface area contributed by atoms with Crippen LogP contribution in [0.4, 0.5) is 0 Å². The molecule has 72 valence electrons. The van der Waals surface area contributed by atoms with Gasteiger partial charge in [-0.1, -0.05) is 13.8 Å². The fourth-order valence-electron chi connectivity index (χ4n) is 0. The van der Waals surface area contributed by atoms with E-state index in [1.54, 1.807) is 0 Å². The molecule has 0 aromatic heterocycles. The molecule has 11 heavy (non-hydrogen) atoms. The predicted octanol–water partition coefficient (Wildman–Crippen LogP) is -5.22. The normalized spacial score (nSPS) is 5.45. The van der Waals surface area contributed by atoms with Crippen molar-refractivity contribution in [3.63, 3.8) is 0 Å². The molecular formula is C6H16Cl2HfO2-2. The van der Waals surface area contributed by atoms with Crippen LogP contribution in [0.2, 0.25) is 0 Å². The van der Waals surface area contributed by atoms with E-state index in [1.807, 2.05) is 13.8 Å². The van der Waals surface area contributed by atoms with E-state index in [2.05, 4.69) is 0 Å². The van der Waals surface area contributed by atoms with Crippen LogP contribution in [0.15, 0.2) is 0 Å². The summed E-state index contributed by atoms with van der Waals surface area (Å²) in [5.41, 5.74) is 0. The Morgan fingerprint density at radius 2 is 0.909 bits per heavy atom. The molecule has 0 radical (unpaired) electrons. The number of aliphatic hydroxyl groups is 2. The minimum absolute atomic E-state index is 0. The maximum atomic E-state index is 7.88. The van der Waals surface area contributed by atoms with E-state index in [9.17, 15) is 0 Å². The molecule has 0 saturated heterocycles. The second kappa shape index (κ2) is 42.4. The molecule has 0 rings (SSSR count). The first kappa shape index (κ1) is 29.4. The van der Waals surface area contributed by atoms with Gasteiger partial charge in [0.05, 0.1) is 0 Å². The summed E-state index contributed by atoms with van der Waals surface area (Å²) in [6.45, 7) is 4.50. The Bertz CT molecular complexity index is 26.5. The van der Waals surface area contributed by atoms with E-state index in [4.69, 9.17) is 10.2 Å². The van der Waals surface area contributed by atoms with Gasteiger partial charge in [0.1, 0.15) is 0 Å². The summed E-state index contributed by atoms with van der Waals surface area (Å²) < 4.78 is 0. The third-order valence-corrected chi connectivity index (χ3v) is 0.447. The molecule has 0 aliphatic heterocycles. The average molecular weight is 370 g/mol. The van der Waals surface area contributed by atoms with Gasteiger partial charge >= 0.3 is 0 Å². The number of hydrogen-bond donors (Lipinski definition) is 2. The van der Waals surface area contributed by atoms with Crippen LogP contribution in [-0.4, -0.2) is 23.4 Å². The molecule has 0 aromatic rings. The molecule has 0 aliphatic carbocycles. The van der Waals surface area contributed by atoms with Crippen LogP contribution in [0.1, 0.15) is 26.7 Å². The van der Waals surface area contributed by atoms with E-state index < -0.39 is 0 Å². The zero-order chi connectivity index (χ0) is 6.83. The van der Waals surface area contributed by atoms with E-state index in [0.717, 1.165) is 12.8 Å². The van der Waals surface area contributed by atoms with Gasteiger partial charge in [0, 0.05) is 39.1 Å². The van der Waals surface area contributed by atoms with Crippen LogP contribution in [0, 0.1) is 0 Å². The van der Waals surface area contributed by atoms with Gasteiger partial charge in [-0.05, 0) is 12.8 Å². The number of aliphatic hydroxyl groups excluding tert-OH is 2. The molecule has 0 amide bonds. The van der Waals surface area contributed by atoms with Gasteiger partial charge in [-0.3, -0.25) is 0 Å². The minimum atomic E-state index is 0. The van der Waals surface area contributed by atoms with Crippen molar-refractivity contribution in [3.8, 4) is 0 Å². The van der Waals surface area contributed by atoms with Gasteiger partial charge in [0.2, 0.25) is 0 Å². The van der Waals surface area contributed by atoms with E-state index in [0.29, 0.717) is 13.2 Å². The third-order valence-electron chi connectivity index (χ3n) is 0.447. The van der Waals surface area contributed by atoms with Crippen molar-refractivity contribution in [1.82, 2.24) is 0 Å². The molecule has 5 heteroatoms. The summed E-state index contributed by atoms with van der Waals surface area (Å²) in [5, 5.41) is 15.8. The summed E-state index contributed by atoms with van der Waals surface area (Å²) in [7, 11) is 0. The fraction of sp³-hybridized carbons (Fsp3) is 1.00. The Balaban J connectivity index is -0.0000000171. The molecule has 2 N–H and O–H groups in total. The molecule has 2 nitrogen and oxygen atoms in total. The molecule has 0 aromatic carbocycles. The smallest absolute Gasteiger partial charge is 0.0428 e. The topological polar surface area (TPSA) is 40.5 Å². The molecular weight excluding hydrogens is 353 g/mol. The second-order valence-electron chi connectivity index (χ2n) is 1.45. The minimum Gasteiger partial charge on any atom is -1.00 e. The fourth-order valence-corrected chi connectivity index (χ4v) is 0. The van der Waals surface area contributed by atoms with E-state index in [1.165, 1.54) is 0 Å². The Labute approximate surface area is 100 Å². The van der Waals surface area contributed by atoms with Crippen molar-refractivity contribution >= 4 is 0 Å². The van der Waals surface area contributed by atoms with Gasteiger partial charge in [0.25, 0.3) is 0 Å². The Hall–Kier alpha value is 1.37. The van der Waals surface area contributed by atoms with Gasteiger partial charge in [-0.15, -0.1) is 0 Å². The summed E-state index contributed by atoms with van der Waals surface area (Å²) in [6, 6.07) is 0. The van der Waals surface area contributed by atoms with Crippen LogP contribution in [0.3, 0.4) is 0 Å². The maximum Gasteiger partial charge on any atom is 0.0428 e. The van der Waals surface area contributed by atoms with Crippen LogP contribution >= 0.6 is 0 Å². The molecule has 0 unspecified atom stereocenters. The number of rotatable bonds is 2. The van der Waals surface area contributed by atoms with Crippen molar-refractivity contribution in [2.75, 3.05) is 13.2 Å². The first-order valence-corrected chi connectivity index (χ1v) is 3.05.